The van der Waals surface area contributed by atoms with Gasteiger partial charge in [-0.05, 0) is 18.6 Å². The molecular weight excluding hydrogens is 406 g/mol. The summed E-state index contributed by atoms with van der Waals surface area (Å²) in [4.78, 5) is 34.1. The highest BCUT2D eigenvalue weighted by molar-refractivity contribution is 5.99. The predicted octanol–water partition coefficient (Wildman–Crippen LogP) is 2.60. The lowest BCUT2D eigenvalue weighted by Crippen LogP contribution is -2.28. The van der Waals surface area contributed by atoms with Crippen LogP contribution in [0.4, 0.5) is 8.78 Å². The molecule has 31 heavy (non-hydrogen) atoms. The Labute approximate surface area is 177 Å². The number of carbonyl (C=O) groups is 2. The summed E-state index contributed by atoms with van der Waals surface area (Å²) in [7, 11) is 3.31. The van der Waals surface area contributed by atoms with Crippen LogP contribution < -0.4 is 5.32 Å². The molecule has 1 aromatic carbocycles. The molecule has 0 fully saturated rings. The summed E-state index contributed by atoms with van der Waals surface area (Å²) in [5, 5.41) is 6.49. The van der Waals surface area contributed by atoms with Gasteiger partial charge in [-0.25, -0.2) is 18.7 Å². The summed E-state index contributed by atoms with van der Waals surface area (Å²) < 4.78 is 26.7. The van der Waals surface area contributed by atoms with Crippen molar-refractivity contribution in [1.82, 2.24) is 30.0 Å². The number of amides is 2. The molecule has 0 unspecified atom stereocenters. The number of aryl methyl sites for hydroxylation is 1. The fourth-order valence-corrected chi connectivity index (χ4v) is 2.93. The number of benzene rings is 1. The molecule has 0 aliphatic rings. The standard InChI is InChI=1S/C21H22F2N6O2/c1-13-8-17(20(22)23)27-29(13)11-18(30)25-9-14-4-6-15(7-5-14)19-16(10-24-12-26-19)21(31)28(2)3/h4-8,10,12,20H,9,11H2,1-3H3,(H,25,30). The predicted molar refractivity (Wildman–Crippen MR) is 109 cm³/mol. The van der Waals surface area contributed by atoms with Crippen LogP contribution in [0, 0.1) is 6.92 Å². The van der Waals surface area contributed by atoms with Gasteiger partial charge in [0.15, 0.2) is 0 Å². The minimum atomic E-state index is -2.68. The van der Waals surface area contributed by atoms with E-state index >= 15 is 0 Å². The van der Waals surface area contributed by atoms with Gasteiger partial charge in [0.05, 0.1) is 11.3 Å². The lowest BCUT2D eigenvalue weighted by atomic mass is 10.0. The SMILES string of the molecule is Cc1cc(C(F)F)nn1CC(=O)NCc1ccc(-c2ncncc2C(=O)N(C)C)cc1. The molecule has 2 heterocycles. The van der Waals surface area contributed by atoms with Crippen LogP contribution >= 0.6 is 0 Å². The second kappa shape index (κ2) is 9.41. The summed E-state index contributed by atoms with van der Waals surface area (Å²) in [5.74, 6) is -0.540. The Hall–Kier alpha value is -3.69. The Bertz CT molecular complexity index is 1080. The first-order chi connectivity index (χ1) is 14.8. The lowest BCUT2D eigenvalue weighted by molar-refractivity contribution is -0.122. The number of nitrogens with one attached hydrogen (secondary N) is 1. The molecule has 0 bridgehead atoms. The maximum atomic E-state index is 12.7. The summed E-state index contributed by atoms with van der Waals surface area (Å²) in [5.41, 5.74) is 2.63. The fourth-order valence-electron chi connectivity index (χ4n) is 2.93. The summed E-state index contributed by atoms with van der Waals surface area (Å²) >= 11 is 0. The number of hydrogen-bond donors (Lipinski definition) is 1. The van der Waals surface area contributed by atoms with Crippen molar-refractivity contribution in [3.63, 3.8) is 0 Å². The van der Waals surface area contributed by atoms with Crippen molar-refractivity contribution in [3.05, 3.63) is 65.4 Å². The molecule has 0 spiro atoms. The average Bonchev–Trinajstić information content (AvgIpc) is 3.12. The first-order valence-electron chi connectivity index (χ1n) is 9.46. The number of aromatic nitrogens is 4. The summed E-state index contributed by atoms with van der Waals surface area (Å²) in [6, 6.07) is 8.51. The second-order valence-corrected chi connectivity index (χ2v) is 7.13. The molecule has 162 valence electrons. The molecule has 0 saturated carbocycles. The molecule has 0 atom stereocenters. The average molecular weight is 428 g/mol. The largest absolute Gasteiger partial charge is 0.350 e. The quantitative estimate of drug-likeness (QED) is 0.625. The Morgan fingerprint density at radius 1 is 1.19 bits per heavy atom. The molecule has 2 amide bonds. The molecular formula is C21H22F2N6O2. The molecule has 10 heteroatoms. The van der Waals surface area contributed by atoms with E-state index in [1.54, 1.807) is 21.0 Å². The van der Waals surface area contributed by atoms with Gasteiger partial charge in [-0.1, -0.05) is 24.3 Å². The molecule has 0 aliphatic carbocycles. The van der Waals surface area contributed by atoms with Crippen LogP contribution in [-0.4, -0.2) is 50.6 Å². The van der Waals surface area contributed by atoms with Crippen molar-refractivity contribution in [2.45, 2.75) is 26.4 Å². The maximum absolute atomic E-state index is 12.7. The number of carbonyl (C=O) groups excluding carboxylic acids is 2. The van der Waals surface area contributed by atoms with Crippen LogP contribution in [0.3, 0.4) is 0 Å². The number of nitrogens with zero attached hydrogens (tertiary/aromatic N) is 5. The van der Waals surface area contributed by atoms with Crippen LogP contribution in [0.15, 0.2) is 42.9 Å². The summed E-state index contributed by atoms with van der Waals surface area (Å²) in [6.45, 7) is 1.73. The Kier molecular flexibility index (Phi) is 6.68. The maximum Gasteiger partial charge on any atom is 0.282 e. The van der Waals surface area contributed by atoms with Crippen molar-refractivity contribution in [3.8, 4) is 11.3 Å². The van der Waals surface area contributed by atoms with Gasteiger partial charge >= 0.3 is 0 Å². The van der Waals surface area contributed by atoms with Gasteiger partial charge in [0.25, 0.3) is 12.3 Å². The van der Waals surface area contributed by atoms with Gasteiger partial charge in [0.1, 0.15) is 18.6 Å². The van der Waals surface area contributed by atoms with Crippen molar-refractivity contribution < 1.29 is 18.4 Å². The number of hydrogen-bond acceptors (Lipinski definition) is 5. The Morgan fingerprint density at radius 3 is 2.52 bits per heavy atom. The highest BCUT2D eigenvalue weighted by Gasteiger charge is 2.17. The fraction of sp³-hybridized carbons (Fsp3) is 0.286. The van der Waals surface area contributed by atoms with Crippen molar-refractivity contribution in [2.24, 2.45) is 0 Å². The van der Waals surface area contributed by atoms with Crippen molar-refractivity contribution >= 4 is 11.8 Å². The normalized spacial score (nSPS) is 10.9. The van der Waals surface area contributed by atoms with Gasteiger partial charge < -0.3 is 10.2 Å². The first-order valence-corrected chi connectivity index (χ1v) is 9.46. The summed E-state index contributed by atoms with van der Waals surface area (Å²) in [6.07, 6.45) is 0.187. The molecule has 0 aliphatic heterocycles. The van der Waals surface area contributed by atoms with Gasteiger partial charge in [0.2, 0.25) is 5.91 Å². The molecule has 2 aromatic heterocycles. The monoisotopic (exact) mass is 428 g/mol. The van der Waals surface area contributed by atoms with Gasteiger partial charge in [-0.3, -0.25) is 14.3 Å². The van der Waals surface area contributed by atoms with Crippen molar-refractivity contribution in [1.29, 1.82) is 0 Å². The zero-order valence-electron chi connectivity index (χ0n) is 17.3. The Morgan fingerprint density at radius 2 is 1.90 bits per heavy atom. The van der Waals surface area contributed by atoms with Crippen LogP contribution in [0.2, 0.25) is 0 Å². The van der Waals surface area contributed by atoms with Crippen LogP contribution in [0.25, 0.3) is 11.3 Å². The highest BCUT2D eigenvalue weighted by atomic mass is 19.3. The lowest BCUT2D eigenvalue weighted by Gasteiger charge is -2.13. The number of halogens is 2. The highest BCUT2D eigenvalue weighted by Crippen LogP contribution is 2.22. The third-order valence-electron chi connectivity index (χ3n) is 4.58. The second-order valence-electron chi connectivity index (χ2n) is 7.13. The van der Waals surface area contributed by atoms with Gasteiger partial charge in [-0.15, -0.1) is 0 Å². The smallest absolute Gasteiger partial charge is 0.282 e. The molecule has 1 N–H and O–H groups in total. The molecule has 0 saturated heterocycles. The van der Waals surface area contributed by atoms with Crippen LogP contribution in [0.5, 0.6) is 0 Å². The van der Waals surface area contributed by atoms with E-state index in [2.05, 4.69) is 20.4 Å². The van der Waals surface area contributed by atoms with Gasteiger partial charge in [-0.2, -0.15) is 5.10 Å². The topological polar surface area (TPSA) is 93.0 Å². The number of rotatable bonds is 7. The zero-order chi connectivity index (χ0) is 22.5. The van der Waals surface area contributed by atoms with E-state index in [9.17, 15) is 18.4 Å². The van der Waals surface area contributed by atoms with E-state index in [-0.39, 0.29) is 30.6 Å². The molecule has 0 radical (unpaired) electrons. The van der Waals surface area contributed by atoms with Gasteiger partial charge in [0, 0.05) is 38.1 Å². The number of alkyl halides is 2. The van der Waals surface area contributed by atoms with E-state index < -0.39 is 6.43 Å². The minimum absolute atomic E-state index is 0.145. The van der Waals surface area contributed by atoms with E-state index in [4.69, 9.17) is 0 Å². The van der Waals surface area contributed by atoms with E-state index in [0.29, 0.717) is 17.0 Å². The third kappa shape index (κ3) is 5.27. The van der Waals surface area contributed by atoms with Crippen molar-refractivity contribution in [2.75, 3.05) is 14.1 Å². The molecule has 8 nitrogen and oxygen atoms in total. The zero-order valence-corrected chi connectivity index (χ0v) is 17.3. The van der Waals surface area contributed by atoms with E-state index in [1.165, 1.54) is 28.2 Å². The van der Waals surface area contributed by atoms with E-state index in [1.807, 2.05) is 24.3 Å². The Balaban J connectivity index is 1.64. The van der Waals surface area contributed by atoms with E-state index in [0.717, 1.165) is 11.1 Å². The first kappa shape index (κ1) is 22.0. The van der Waals surface area contributed by atoms with Crippen LogP contribution in [0.1, 0.15) is 33.7 Å². The molecule has 3 aromatic rings. The van der Waals surface area contributed by atoms with Crippen LogP contribution in [-0.2, 0) is 17.9 Å². The molecule has 3 rings (SSSR count). The minimum Gasteiger partial charge on any atom is -0.350 e. The third-order valence-corrected chi connectivity index (χ3v) is 4.58.